The Morgan fingerprint density at radius 3 is 1.00 bits per heavy atom. The monoisotopic (exact) mass is 171 g/mol. The first kappa shape index (κ1) is 26.8. The molecule has 4 heavy (non-hydrogen) atoms. The van der Waals surface area contributed by atoms with Gasteiger partial charge >= 0.3 is 60.8 Å². The van der Waals surface area contributed by atoms with Gasteiger partial charge in [0.15, 0.2) is 0 Å². The van der Waals surface area contributed by atoms with E-state index in [0.717, 1.165) is 0 Å². The van der Waals surface area contributed by atoms with E-state index in [1.54, 1.807) is 0 Å². The van der Waals surface area contributed by atoms with Gasteiger partial charge in [0.2, 0.25) is 0 Å². The van der Waals surface area contributed by atoms with Crippen LogP contribution in [0.1, 0.15) is 0 Å². The van der Waals surface area contributed by atoms with Crippen LogP contribution in [0.3, 0.4) is 0 Å². The van der Waals surface area contributed by atoms with Gasteiger partial charge in [-0.05, 0) is 0 Å². The van der Waals surface area contributed by atoms with Gasteiger partial charge in [0.05, 0.1) is 0 Å². The predicted octanol–water partition coefficient (Wildman–Crippen LogP) is -1.84. The Bertz CT molecular complexity index is 8.00. The molecule has 19 valence electrons. The summed E-state index contributed by atoms with van der Waals surface area (Å²) in [6, 6.07) is 0. The minimum Gasteiger partial charge on any atom is 0 e. The fraction of sp³-hybridized carbons (Fsp3) is 0. The van der Waals surface area contributed by atoms with E-state index >= 15 is 0 Å². The van der Waals surface area contributed by atoms with Gasteiger partial charge in [-0.25, -0.2) is 0 Å². The molecule has 0 amide bonds. The molecule has 0 unspecified atom stereocenters. The van der Waals surface area contributed by atoms with Gasteiger partial charge in [-0.15, -0.1) is 0 Å². The Morgan fingerprint density at radius 1 is 1.00 bits per heavy atom. The molecule has 0 aromatic rings. The maximum Gasteiger partial charge on any atom is 0.316 e. The molecular weight excluding hydrogens is 167 g/mol. The number of hydrogen-bond donors (Lipinski definition) is 0. The second-order valence-electron chi connectivity index (χ2n) is 0. The van der Waals surface area contributed by atoms with E-state index in [1.807, 2.05) is 0 Å². The van der Waals surface area contributed by atoms with Crippen molar-refractivity contribution in [2.75, 3.05) is 0 Å². The Morgan fingerprint density at radius 2 is 1.00 bits per heavy atom. The third-order valence-corrected chi connectivity index (χ3v) is 0. The van der Waals surface area contributed by atoms with Gasteiger partial charge in [0, 0.05) is 38.8 Å². The summed E-state index contributed by atoms with van der Waals surface area (Å²) in [7, 11) is 0. The van der Waals surface area contributed by atoms with Crippen molar-refractivity contribution in [2.45, 2.75) is 0 Å². The first-order valence-corrected chi connectivity index (χ1v) is 0. The van der Waals surface area contributed by atoms with Crippen molar-refractivity contribution in [1.29, 1.82) is 0 Å². The minimum atomic E-state index is 0. The van der Waals surface area contributed by atoms with Gasteiger partial charge in [0.25, 0.3) is 0 Å². The van der Waals surface area contributed by atoms with Crippen LogP contribution in [0.15, 0.2) is 0 Å². The molecule has 0 aliphatic heterocycles. The van der Waals surface area contributed by atoms with E-state index in [9.17, 15) is 0 Å². The molecule has 0 saturated carbocycles. The molecule has 4 heteroatoms. The predicted molar refractivity (Wildman–Crippen MR) is 17.1 cm³/mol. The van der Waals surface area contributed by atoms with Gasteiger partial charge in [-0.2, -0.15) is 0 Å². The molecule has 0 atom stereocenters. The van der Waals surface area contributed by atoms with Crippen molar-refractivity contribution >= 4 is 60.8 Å². The molecule has 0 bridgehead atoms. The summed E-state index contributed by atoms with van der Waals surface area (Å²) in [5.74, 6) is 0. The normalized spacial score (nSPS) is 0. The van der Waals surface area contributed by atoms with E-state index in [4.69, 9.17) is 0 Å². The molecule has 0 rings (SSSR count). The SMILES string of the molecule is [CaH2].[MgH2].[Mn].[Ti]. The third-order valence-electron chi connectivity index (χ3n) is 0. The zero-order chi connectivity index (χ0) is 0. The Balaban J connectivity index is 0. The molecule has 0 aliphatic carbocycles. The van der Waals surface area contributed by atoms with Crippen molar-refractivity contribution in [3.63, 3.8) is 0 Å². The summed E-state index contributed by atoms with van der Waals surface area (Å²) in [6.45, 7) is 0. The molecule has 1 radical (unpaired) electrons. The Labute approximate surface area is 97.4 Å². The molecule has 0 nitrogen and oxygen atoms in total. The quantitative estimate of drug-likeness (QED) is 0.376. The maximum absolute atomic E-state index is 0. The molecule has 0 fully saturated rings. The van der Waals surface area contributed by atoms with E-state index in [-0.39, 0.29) is 99.6 Å². The van der Waals surface area contributed by atoms with Gasteiger partial charge in [-0.3, -0.25) is 0 Å². The van der Waals surface area contributed by atoms with Crippen LogP contribution in [-0.2, 0) is 38.8 Å². The van der Waals surface area contributed by atoms with Gasteiger partial charge in [-0.1, -0.05) is 0 Å². The van der Waals surface area contributed by atoms with E-state index < -0.39 is 0 Å². The number of rotatable bonds is 0. The summed E-state index contributed by atoms with van der Waals surface area (Å²) >= 11 is 0. The third kappa shape index (κ3) is 8.98. The van der Waals surface area contributed by atoms with Crippen LogP contribution in [0.25, 0.3) is 0 Å². The first-order chi connectivity index (χ1) is 0. The van der Waals surface area contributed by atoms with Crippen molar-refractivity contribution in [3.05, 3.63) is 0 Å². The minimum absolute atomic E-state index is 0. The van der Waals surface area contributed by atoms with Crippen LogP contribution in [0.5, 0.6) is 0 Å². The van der Waals surface area contributed by atoms with Crippen LogP contribution in [0.4, 0.5) is 0 Å². The molecule has 0 aromatic heterocycles. The molecule has 0 aromatic carbocycles. The summed E-state index contributed by atoms with van der Waals surface area (Å²) < 4.78 is 0. The van der Waals surface area contributed by atoms with E-state index in [2.05, 4.69) is 0 Å². The molecule has 0 N–H and O–H groups in total. The Kier molecular flexibility index (Phi) is 109. The van der Waals surface area contributed by atoms with Gasteiger partial charge in [0.1, 0.15) is 0 Å². The van der Waals surface area contributed by atoms with Crippen molar-refractivity contribution in [2.24, 2.45) is 0 Å². The molecule has 0 aliphatic rings. The molecular formula is H4CaMgMnTi. The standard InChI is InChI=1S/Ca.Mg.Mn.Ti.4H. The zero-order valence-electron chi connectivity index (χ0n) is 0.878. The fourth-order valence-electron chi connectivity index (χ4n) is 0. The van der Waals surface area contributed by atoms with Crippen LogP contribution < -0.4 is 0 Å². The smallest absolute Gasteiger partial charge is 0 e. The average Bonchev–Trinajstić information content (AvgIpc) is 0. The molecule has 0 saturated heterocycles. The van der Waals surface area contributed by atoms with Crippen molar-refractivity contribution < 1.29 is 38.8 Å². The van der Waals surface area contributed by atoms with E-state index in [0.29, 0.717) is 0 Å². The largest absolute Gasteiger partial charge is 0.316 e. The van der Waals surface area contributed by atoms with Crippen LogP contribution in [-0.4, -0.2) is 60.8 Å². The molecule has 0 spiro atoms. The zero-order valence-corrected chi connectivity index (χ0v) is 3.62. The Hall–Kier alpha value is 3.26. The van der Waals surface area contributed by atoms with Crippen LogP contribution in [0.2, 0.25) is 0 Å². The van der Waals surface area contributed by atoms with Crippen molar-refractivity contribution in [3.8, 4) is 0 Å². The topological polar surface area (TPSA) is 0 Å². The first-order valence-electron chi connectivity index (χ1n) is 0. The summed E-state index contributed by atoms with van der Waals surface area (Å²) in [4.78, 5) is 0. The molecule has 0 heterocycles. The van der Waals surface area contributed by atoms with Crippen LogP contribution in [0, 0.1) is 0 Å². The second-order valence-corrected chi connectivity index (χ2v) is 0. The average molecular weight is 171 g/mol. The second kappa shape index (κ2) is 16.3. The van der Waals surface area contributed by atoms with Crippen LogP contribution >= 0.6 is 0 Å². The van der Waals surface area contributed by atoms with Gasteiger partial charge < -0.3 is 0 Å². The summed E-state index contributed by atoms with van der Waals surface area (Å²) in [5.41, 5.74) is 0. The maximum atomic E-state index is 0. The summed E-state index contributed by atoms with van der Waals surface area (Å²) in [6.07, 6.45) is 0. The van der Waals surface area contributed by atoms with Crippen molar-refractivity contribution in [1.82, 2.24) is 0 Å². The fourth-order valence-corrected chi connectivity index (χ4v) is 0. The van der Waals surface area contributed by atoms with E-state index in [1.165, 1.54) is 0 Å². The summed E-state index contributed by atoms with van der Waals surface area (Å²) in [5, 5.41) is 0. The number of hydrogen-bond acceptors (Lipinski definition) is 0.